The summed E-state index contributed by atoms with van der Waals surface area (Å²) in [6.07, 6.45) is 1.41. The molecule has 0 saturated carbocycles. The summed E-state index contributed by atoms with van der Waals surface area (Å²) in [7, 11) is 0. The monoisotopic (exact) mass is 212 g/mol. The summed E-state index contributed by atoms with van der Waals surface area (Å²) >= 11 is 1.49. The molecule has 1 aromatic heterocycles. The summed E-state index contributed by atoms with van der Waals surface area (Å²) < 4.78 is 0. The molecule has 0 atom stereocenters. The second-order valence-corrected chi connectivity index (χ2v) is 4.03. The lowest BCUT2D eigenvalue weighted by atomic mass is 10.2. The van der Waals surface area contributed by atoms with Crippen LogP contribution in [-0.4, -0.2) is 22.5 Å². The quantitative estimate of drug-likeness (QED) is 0.521. The van der Waals surface area contributed by atoms with Crippen molar-refractivity contribution in [3.8, 4) is 0 Å². The molecule has 0 fully saturated rings. The highest BCUT2D eigenvalue weighted by molar-refractivity contribution is 7.10. The Morgan fingerprint density at radius 1 is 1.57 bits per heavy atom. The molecule has 0 aliphatic carbocycles. The van der Waals surface area contributed by atoms with Crippen molar-refractivity contribution in [1.82, 2.24) is 5.01 Å². The first kappa shape index (κ1) is 9.14. The molecule has 14 heavy (non-hydrogen) atoms. The fourth-order valence-corrected chi connectivity index (χ4v) is 2.42. The highest BCUT2D eigenvalue weighted by Gasteiger charge is 2.30. The van der Waals surface area contributed by atoms with Gasteiger partial charge in [0, 0.05) is 4.88 Å². The SMILES string of the molecule is O=C1c2ccsc2CCCN1[N+](=O)[O-]. The van der Waals surface area contributed by atoms with Gasteiger partial charge in [0.15, 0.2) is 5.03 Å². The van der Waals surface area contributed by atoms with Gasteiger partial charge < -0.3 is 0 Å². The first-order chi connectivity index (χ1) is 6.70. The Bertz CT molecular complexity index is 388. The third-order valence-electron chi connectivity index (χ3n) is 2.18. The van der Waals surface area contributed by atoms with Crippen molar-refractivity contribution in [2.24, 2.45) is 0 Å². The van der Waals surface area contributed by atoms with Crippen LogP contribution in [-0.2, 0) is 6.42 Å². The minimum absolute atomic E-state index is 0.202. The number of hydrogen-bond acceptors (Lipinski definition) is 4. The highest BCUT2D eigenvalue weighted by Crippen LogP contribution is 2.23. The van der Waals surface area contributed by atoms with Gasteiger partial charge in [-0.15, -0.1) is 11.3 Å². The zero-order valence-electron chi connectivity index (χ0n) is 7.30. The number of aryl methyl sites for hydroxylation is 1. The molecule has 0 N–H and O–H groups in total. The van der Waals surface area contributed by atoms with Crippen LogP contribution in [0.1, 0.15) is 21.7 Å². The van der Waals surface area contributed by atoms with Crippen molar-refractivity contribution in [3.63, 3.8) is 0 Å². The van der Waals surface area contributed by atoms with Gasteiger partial charge >= 0.3 is 5.91 Å². The van der Waals surface area contributed by atoms with E-state index in [2.05, 4.69) is 0 Å². The molecule has 1 aromatic rings. The van der Waals surface area contributed by atoms with E-state index < -0.39 is 10.9 Å². The molecular weight excluding hydrogens is 204 g/mol. The van der Waals surface area contributed by atoms with Gasteiger partial charge in [-0.3, -0.25) is 4.79 Å². The number of nitro groups is 1. The number of hydrogen-bond donors (Lipinski definition) is 0. The van der Waals surface area contributed by atoms with Crippen molar-refractivity contribution in [2.75, 3.05) is 6.54 Å². The normalized spacial score (nSPS) is 16.3. The second kappa shape index (κ2) is 3.38. The molecular formula is C8H8N2O3S. The Labute approximate surface area is 84.1 Å². The number of thiophene rings is 1. The third kappa shape index (κ3) is 1.37. The van der Waals surface area contributed by atoms with E-state index in [9.17, 15) is 14.9 Å². The predicted molar refractivity (Wildman–Crippen MR) is 50.7 cm³/mol. The van der Waals surface area contributed by atoms with Crippen LogP contribution in [0, 0.1) is 10.1 Å². The van der Waals surface area contributed by atoms with Gasteiger partial charge in [-0.1, -0.05) is 5.01 Å². The van der Waals surface area contributed by atoms with Gasteiger partial charge in [-0.25, -0.2) is 10.1 Å². The maximum absolute atomic E-state index is 11.6. The Morgan fingerprint density at radius 2 is 2.36 bits per heavy atom. The van der Waals surface area contributed by atoms with E-state index in [-0.39, 0.29) is 6.54 Å². The van der Waals surface area contributed by atoms with Gasteiger partial charge in [0.2, 0.25) is 0 Å². The van der Waals surface area contributed by atoms with Gasteiger partial charge in [-0.2, -0.15) is 0 Å². The molecule has 0 aromatic carbocycles. The number of nitrogens with zero attached hydrogens (tertiary/aromatic N) is 2. The van der Waals surface area contributed by atoms with Gasteiger partial charge in [0.05, 0.1) is 12.1 Å². The van der Waals surface area contributed by atoms with Crippen LogP contribution in [0.15, 0.2) is 11.4 Å². The Kier molecular flexibility index (Phi) is 2.20. The van der Waals surface area contributed by atoms with Crippen LogP contribution in [0.4, 0.5) is 0 Å². The van der Waals surface area contributed by atoms with E-state index in [1.165, 1.54) is 11.3 Å². The van der Waals surface area contributed by atoms with Crippen LogP contribution in [0.5, 0.6) is 0 Å². The summed E-state index contributed by atoms with van der Waals surface area (Å²) in [6.45, 7) is 0.202. The predicted octanol–water partition coefficient (Wildman–Crippen LogP) is 1.33. The number of hydrazine groups is 1. The van der Waals surface area contributed by atoms with Crippen LogP contribution >= 0.6 is 11.3 Å². The van der Waals surface area contributed by atoms with E-state index in [4.69, 9.17) is 0 Å². The number of fused-ring (bicyclic) bond motifs is 1. The summed E-state index contributed by atoms with van der Waals surface area (Å²) in [5.74, 6) is -0.483. The van der Waals surface area contributed by atoms with E-state index in [1.807, 2.05) is 0 Å². The zero-order valence-corrected chi connectivity index (χ0v) is 8.12. The highest BCUT2D eigenvalue weighted by atomic mass is 32.1. The van der Waals surface area contributed by atoms with Crippen LogP contribution in [0.25, 0.3) is 0 Å². The van der Waals surface area contributed by atoms with Crippen LogP contribution in [0.3, 0.4) is 0 Å². The maximum atomic E-state index is 11.6. The molecule has 0 radical (unpaired) electrons. The lowest BCUT2D eigenvalue weighted by molar-refractivity contribution is -0.631. The number of carbonyl (C=O) groups is 1. The topological polar surface area (TPSA) is 63.5 Å². The van der Waals surface area contributed by atoms with Crippen LogP contribution < -0.4 is 0 Å². The minimum Gasteiger partial charge on any atom is -0.263 e. The minimum atomic E-state index is -0.630. The molecule has 1 aliphatic heterocycles. The summed E-state index contributed by atoms with van der Waals surface area (Å²) in [5.41, 5.74) is 0.490. The Morgan fingerprint density at radius 3 is 3.07 bits per heavy atom. The molecule has 1 amide bonds. The molecule has 0 saturated heterocycles. The second-order valence-electron chi connectivity index (χ2n) is 3.03. The molecule has 2 heterocycles. The molecule has 74 valence electrons. The van der Waals surface area contributed by atoms with Gasteiger partial charge in [-0.05, 0) is 24.3 Å². The standard InChI is InChI=1S/C8H8N2O3S/c11-8-6-3-5-14-7(6)2-1-4-9(8)10(12)13/h3,5H,1-2,4H2. The Hall–Kier alpha value is -1.43. The lowest BCUT2D eigenvalue weighted by Crippen LogP contribution is -2.35. The lowest BCUT2D eigenvalue weighted by Gasteiger charge is -2.07. The molecule has 0 unspecified atom stereocenters. The van der Waals surface area contributed by atoms with Crippen molar-refractivity contribution >= 4 is 17.2 Å². The number of rotatable bonds is 1. The smallest absolute Gasteiger partial charge is 0.263 e. The van der Waals surface area contributed by atoms with Crippen LogP contribution in [0.2, 0.25) is 0 Å². The molecule has 0 bridgehead atoms. The molecule has 5 nitrogen and oxygen atoms in total. The van der Waals surface area contributed by atoms with Crippen molar-refractivity contribution in [3.05, 3.63) is 32.0 Å². The fourth-order valence-electron chi connectivity index (χ4n) is 1.51. The average molecular weight is 212 g/mol. The number of carbonyl (C=O) groups excluding carboxylic acids is 1. The summed E-state index contributed by atoms with van der Waals surface area (Å²) in [5, 5.41) is 12.4. The van der Waals surface area contributed by atoms with E-state index in [0.717, 1.165) is 11.3 Å². The fraction of sp³-hybridized carbons (Fsp3) is 0.375. The first-order valence-electron chi connectivity index (χ1n) is 4.22. The molecule has 2 rings (SSSR count). The molecule has 1 aliphatic rings. The van der Waals surface area contributed by atoms with E-state index in [1.54, 1.807) is 11.4 Å². The van der Waals surface area contributed by atoms with Crippen molar-refractivity contribution < 1.29 is 9.83 Å². The van der Waals surface area contributed by atoms with Crippen molar-refractivity contribution in [1.29, 1.82) is 0 Å². The first-order valence-corrected chi connectivity index (χ1v) is 5.10. The summed E-state index contributed by atoms with van der Waals surface area (Å²) in [6, 6.07) is 1.66. The average Bonchev–Trinajstić information content (AvgIpc) is 2.53. The molecule has 6 heteroatoms. The molecule has 0 spiro atoms. The van der Waals surface area contributed by atoms with Gasteiger partial charge in [0.25, 0.3) is 0 Å². The number of amides is 1. The van der Waals surface area contributed by atoms with E-state index in [0.29, 0.717) is 17.0 Å². The maximum Gasteiger partial charge on any atom is 0.314 e. The zero-order chi connectivity index (χ0) is 10.1. The van der Waals surface area contributed by atoms with Crippen molar-refractivity contribution in [2.45, 2.75) is 12.8 Å². The largest absolute Gasteiger partial charge is 0.314 e. The summed E-state index contributed by atoms with van der Waals surface area (Å²) in [4.78, 5) is 23.2. The van der Waals surface area contributed by atoms with E-state index >= 15 is 0 Å². The third-order valence-corrected chi connectivity index (χ3v) is 3.16. The van der Waals surface area contributed by atoms with Gasteiger partial charge in [0.1, 0.15) is 0 Å². The Balaban J connectivity index is 2.38.